The van der Waals surface area contributed by atoms with Crippen LogP contribution in [0.5, 0.6) is 0 Å². The molecule has 22 heavy (non-hydrogen) atoms. The lowest BCUT2D eigenvalue weighted by Gasteiger charge is -2.32. The van der Waals surface area contributed by atoms with E-state index in [1.54, 1.807) is 30.6 Å². The van der Waals surface area contributed by atoms with E-state index in [9.17, 15) is 4.79 Å². The molecule has 0 atom stereocenters. The van der Waals surface area contributed by atoms with Gasteiger partial charge in [0, 0.05) is 18.5 Å². The number of hydrogen-bond acceptors (Lipinski definition) is 5. The zero-order valence-corrected chi connectivity index (χ0v) is 13.1. The number of aromatic nitrogens is 3. The molecule has 0 unspecified atom stereocenters. The van der Waals surface area contributed by atoms with Gasteiger partial charge in [0.15, 0.2) is 0 Å². The van der Waals surface area contributed by atoms with E-state index in [0.717, 1.165) is 0 Å². The van der Waals surface area contributed by atoms with Gasteiger partial charge in [-0.2, -0.15) is 0 Å². The first-order valence-electron chi connectivity index (χ1n) is 7.17. The summed E-state index contributed by atoms with van der Waals surface area (Å²) in [6.45, 7) is 7.93. The number of pyridine rings is 1. The van der Waals surface area contributed by atoms with Crippen molar-refractivity contribution >= 4 is 12.7 Å². The van der Waals surface area contributed by atoms with E-state index in [1.807, 2.05) is 27.7 Å². The van der Waals surface area contributed by atoms with Crippen LogP contribution in [-0.2, 0) is 9.31 Å². The fraction of sp³-hybridized carbons (Fsp3) is 0.400. The van der Waals surface area contributed by atoms with Gasteiger partial charge in [0.2, 0.25) is 5.95 Å². The largest absolute Gasteiger partial charge is 0.514 e. The van der Waals surface area contributed by atoms with E-state index in [-0.39, 0.29) is 5.56 Å². The average molecular weight is 299 g/mol. The van der Waals surface area contributed by atoms with Gasteiger partial charge in [0.1, 0.15) is 0 Å². The van der Waals surface area contributed by atoms with Crippen LogP contribution >= 0.6 is 0 Å². The minimum atomic E-state index is -0.578. The first-order chi connectivity index (χ1) is 10.3. The molecule has 1 saturated heterocycles. The third-order valence-corrected chi connectivity index (χ3v) is 4.20. The SMILES string of the molecule is CC1(C)OB(c2ccnc(-n3ccccc3=O)n2)OC1(C)C. The standard InChI is InChI=1S/C15H18BN3O3/c1-14(2)15(3,4)22-16(21-14)11-8-9-17-13(18-11)19-10-6-5-7-12(19)20/h5-10H,1-4H3. The third-order valence-electron chi connectivity index (χ3n) is 4.20. The van der Waals surface area contributed by atoms with Gasteiger partial charge in [0.25, 0.3) is 5.56 Å². The van der Waals surface area contributed by atoms with Crippen LogP contribution in [-0.4, -0.2) is 32.9 Å². The van der Waals surface area contributed by atoms with Crippen LogP contribution in [0, 0.1) is 0 Å². The van der Waals surface area contributed by atoms with Gasteiger partial charge in [-0.05, 0) is 39.8 Å². The zero-order valence-electron chi connectivity index (χ0n) is 13.1. The van der Waals surface area contributed by atoms with E-state index in [2.05, 4.69) is 9.97 Å². The van der Waals surface area contributed by atoms with Gasteiger partial charge < -0.3 is 9.31 Å². The molecule has 3 heterocycles. The van der Waals surface area contributed by atoms with Gasteiger partial charge >= 0.3 is 7.12 Å². The highest BCUT2D eigenvalue weighted by Crippen LogP contribution is 2.36. The minimum absolute atomic E-state index is 0.187. The van der Waals surface area contributed by atoms with E-state index < -0.39 is 18.3 Å². The highest BCUT2D eigenvalue weighted by molar-refractivity contribution is 6.61. The predicted molar refractivity (Wildman–Crippen MR) is 83.3 cm³/mol. The van der Waals surface area contributed by atoms with Gasteiger partial charge in [-0.15, -0.1) is 0 Å². The molecule has 114 valence electrons. The smallest absolute Gasteiger partial charge is 0.398 e. The van der Waals surface area contributed by atoms with Gasteiger partial charge in [-0.25, -0.2) is 9.97 Å². The Hall–Kier alpha value is -1.99. The molecule has 0 amide bonds. The summed E-state index contributed by atoms with van der Waals surface area (Å²) in [6.07, 6.45) is 3.23. The molecule has 1 fully saturated rings. The lowest BCUT2D eigenvalue weighted by atomic mass is 9.85. The van der Waals surface area contributed by atoms with Crippen LogP contribution in [0.4, 0.5) is 0 Å². The summed E-state index contributed by atoms with van der Waals surface area (Å²) in [4.78, 5) is 20.5. The topological polar surface area (TPSA) is 66.2 Å². The lowest BCUT2D eigenvalue weighted by Crippen LogP contribution is -2.41. The highest BCUT2D eigenvalue weighted by atomic mass is 16.7. The Balaban J connectivity index is 1.97. The molecule has 3 rings (SSSR count). The first kappa shape index (κ1) is 14.9. The molecular formula is C15H18BN3O3. The fourth-order valence-electron chi connectivity index (χ4n) is 2.17. The van der Waals surface area contributed by atoms with Crippen molar-refractivity contribution < 1.29 is 9.31 Å². The Morgan fingerprint density at radius 3 is 2.41 bits per heavy atom. The summed E-state index contributed by atoms with van der Waals surface area (Å²) in [7, 11) is -0.578. The molecule has 1 aliphatic heterocycles. The van der Waals surface area contributed by atoms with Crippen molar-refractivity contribution in [2.45, 2.75) is 38.9 Å². The number of nitrogens with zero attached hydrogens (tertiary/aromatic N) is 3. The second-order valence-electron chi connectivity index (χ2n) is 6.28. The maximum atomic E-state index is 11.9. The van der Waals surface area contributed by atoms with Crippen molar-refractivity contribution in [2.24, 2.45) is 0 Å². The summed E-state index contributed by atoms with van der Waals surface area (Å²) in [6, 6.07) is 6.63. The van der Waals surface area contributed by atoms with Gasteiger partial charge in [-0.1, -0.05) is 6.07 Å². The zero-order chi connectivity index (χ0) is 16.0. The molecule has 2 aromatic rings. The Labute approximate surface area is 129 Å². The second kappa shape index (κ2) is 5.03. The molecule has 0 radical (unpaired) electrons. The Bertz CT molecular complexity index is 741. The molecule has 1 aliphatic rings. The van der Waals surface area contributed by atoms with Crippen LogP contribution in [0.2, 0.25) is 0 Å². The second-order valence-corrected chi connectivity index (χ2v) is 6.28. The maximum Gasteiger partial charge on any atom is 0.514 e. The van der Waals surface area contributed by atoms with Crippen molar-refractivity contribution in [3.05, 3.63) is 47.0 Å². The Kier molecular flexibility index (Phi) is 3.42. The summed E-state index contributed by atoms with van der Waals surface area (Å²) in [5.74, 6) is 0.304. The summed E-state index contributed by atoms with van der Waals surface area (Å²) < 4.78 is 13.3. The molecule has 0 aliphatic carbocycles. The number of rotatable bonds is 2. The average Bonchev–Trinajstić information content (AvgIpc) is 2.68. The van der Waals surface area contributed by atoms with Crippen molar-refractivity contribution in [1.82, 2.24) is 14.5 Å². The molecule has 0 aromatic carbocycles. The van der Waals surface area contributed by atoms with Crippen molar-refractivity contribution in [3.63, 3.8) is 0 Å². The summed E-state index contributed by atoms with van der Waals surface area (Å²) >= 11 is 0. The third kappa shape index (κ3) is 2.46. The Morgan fingerprint density at radius 1 is 1.09 bits per heavy atom. The maximum absolute atomic E-state index is 11.9. The molecule has 0 bridgehead atoms. The summed E-state index contributed by atoms with van der Waals surface area (Å²) in [5.41, 5.74) is -0.466. The van der Waals surface area contributed by atoms with E-state index in [0.29, 0.717) is 11.5 Å². The van der Waals surface area contributed by atoms with Crippen molar-refractivity contribution in [3.8, 4) is 5.95 Å². The molecule has 0 saturated carbocycles. The summed E-state index contributed by atoms with van der Waals surface area (Å²) in [5, 5.41) is 0. The lowest BCUT2D eigenvalue weighted by molar-refractivity contribution is 0.00578. The molecule has 6 nitrogen and oxygen atoms in total. The van der Waals surface area contributed by atoms with Gasteiger partial charge in [0.05, 0.1) is 16.8 Å². The highest BCUT2D eigenvalue weighted by Gasteiger charge is 2.52. The normalized spacial score (nSPS) is 19.4. The van der Waals surface area contributed by atoms with Crippen molar-refractivity contribution in [1.29, 1.82) is 0 Å². The number of hydrogen-bond donors (Lipinski definition) is 0. The molecule has 2 aromatic heterocycles. The van der Waals surface area contributed by atoms with Crippen LogP contribution < -0.4 is 11.2 Å². The minimum Gasteiger partial charge on any atom is -0.398 e. The predicted octanol–water partition coefficient (Wildman–Crippen LogP) is 0.927. The molecule has 7 heteroatoms. The van der Waals surface area contributed by atoms with Crippen LogP contribution in [0.15, 0.2) is 41.5 Å². The molecular weight excluding hydrogens is 281 g/mol. The molecule has 0 N–H and O–H groups in total. The quantitative estimate of drug-likeness (QED) is 0.772. The van der Waals surface area contributed by atoms with Crippen LogP contribution in [0.3, 0.4) is 0 Å². The van der Waals surface area contributed by atoms with Crippen LogP contribution in [0.1, 0.15) is 27.7 Å². The Morgan fingerprint density at radius 2 is 1.77 bits per heavy atom. The van der Waals surface area contributed by atoms with E-state index in [4.69, 9.17) is 9.31 Å². The monoisotopic (exact) mass is 299 g/mol. The first-order valence-corrected chi connectivity index (χ1v) is 7.17. The van der Waals surface area contributed by atoms with E-state index >= 15 is 0 Å². The van der Waals surface area contributed by atoms with E-state index in [1.165, 1.54) is 10.6 Å². The fourth-order valence-corrected chi connectivity index (χ4v) is 2.17. The van der Waals surface area contributed by atoms with Crippen molar-refractivity contribution in [2.75, 3.05) is 0 Å². The van der Waals surface area contributed by atoms with Gasteiger partial charge in [-0.3, -0.25) is 9.36 Å². The molecule has 0 spiro atoms. The van der Waals surface area contributed by atoms with Crippen LogP contribution in [0.25, 0.3) is 5.95 Å².